The van der Waals surface area contributed by atoms with Crippen LogP contribution in [-0.2, 0) is 9.47 Å². The van der Waals surface area contributed by atoms with Crippen LogP contribution in [0, 0.1) is 24.4 Å². The highest BCUT2D eigenvalue weighted by molar-refractivity contribution is 7.18. The molecule has 0 aliphatic heterocycles. The van der Waals surface area contributed by atoms with Gasteiger partial charge in [-0.2, -0.15) is 0 Å². The van der Waals surface area contributed by atoms with Crippen LogP contribution < -0.4 is 5.32 Å². The molecule has 2 aromatic rings. The van der Waals surface area contributed by atoms with E-state index in [9.17, 15) is 27.6 Å². The Morgan fingerprint density at radius 3 is 2.37 bits per heavy atom. The monoisotopic (exact) mass is 401 g/mol. The van der Waals surface area contributed by atoms with Gasteiger partial charge in [0.05, 0.1) is 24.8 Å². The molecule has 10 heteroatoms. The van der Waals surface area contributed by atoms with Gasteiger partial charge in [0.1, 0.15) is 9.88 Å². The summed E-state index contributed by atoms with van der Waals surface area (Å²) < 4.78 is 49.7. The molecule has 0 aliphatic carbocycles. The quantitative estimate of drug-likeness (QED) is 0.611. The van der Waals surface area contributed by atoms with E-state index in [1.807, 2.05) is 0 Å². The first-order chi connectivity index (χ1) is 12.7. The Labute approximate surface area is 155 Å². The van der Waals surface area contributed by atoms with E-state index >= 15 is 0 Å². The Balaban J connectivity index is 2.48. The van der Waals surface area contributed by atoms with Crippen molar-refractivity contribution in [2.24, 2.45) is 0 Å². The third-order valence-corrected chi connectivity index (χ3v) is 4.69. The lowest BCUT2D eigenvalue weighted by atomic mass is 10.1. The van der Waals surface area contributed by atoms with Crippen LogP contribution in [0.25, 0.3) is 0 Å². The summed E-state index contributed by atoms with van der Waals surface area (Å²) >= 11 is 0.712. The Morgan fingerprint density at radius 1 is 1.11 bits per heavy atom. The molecule has 1 amide bonds. The van der Waals surface area contributed by atoms with Crippen LogP contribution in [0.5, 0.6) is 0 Å². The Bertz CT molecular complexity index is 926. The van der Waals surface area contributed by atoms with Gasteiger partial charge in [-0.3, -0.25) is 4.79 Å². The van der Waals surface area contributed by atoms with Gasteiger partial charge >= 0.3 is 11.9 Å². The average molecular weight is 401 g/mol. The molecule has 0 bridgehead atoms. The minimum Gasteiger partial charge on any atom is -0.465 e. The molecule has 0 atom stereocenters. The summed E-state index contributed by atoms with van der Waals surface area (Å²) in [7, 11) is 1.14. The van der Waals surface area contributed by atoms with Crippen molar-refractivity contribution in [1.29, 1.82) is 0 Å². The van der Waals surface area contributed by atoms with Crippen LogP contribution in [0.3, 0.4) is 0 Å². The van der Waals surface area contributed by atoms with E-state index in [-0.39, 0.29) is 27.6 Å². The van der Waals surface area contributed by atoms with Gasteiger partial charge < -0.3 is 14.8 Å². The highest BCUT2D eigenvalue weighted by Crippen LogP contribution is 2.34. The number of ether oxygens (including phenoxy) is 2. The topological polar surface area (TPSA) is 81.7 Å². The molecule has 6 nitrogen and oxygen atoms in total. The van der Waals surface area contributed by atoms with E-state index in [1.165, 1.54) is 6.92 Å². The van der Waals surface area contributed by atoms with Crippen LogP contribution in [0.2, 0.25) is 0 Å². The number of amides is 1. The van der Waals surface area contributed by atoms with Crippen LogP contribution in [-0.4, -0.2) is 31.6 Å². The van der Waals surface area contributed by atoms with E-state index in [1.54, 1.807) is 6.92 Å². The molecule has 0 unspecified atom stereocenters. The summed E-state index contributed by atoms with van der Waals surface area (Å²) in [5.41, 5.74) is -0.681. The van der Waals surface area contributed by atoms with Crippen molar-refractivity contribution >= 4 is 34.2 Å². The number of hydrogen-bond acceptors (Lipinski definition) is 6. The molecule has 1 heterocycles. The van der Waals surface area contributed by atoms with Gasteiger partial charge in [-0.05, 0) is 31.5 Å². The van der Waals surface area contributed by atoms with E-state index < -0.39 is 40.9 Å². The van der Waals surface area contributed by atoms with Gasteiger partial charge in [-0.1, -0.05) is 0 Å². The molecule has 0 fully saturated rings. The van der Waals surface area contributed by atoms with Crippen molar-refractivity contribution < 1.29 is 37.0 Å². The van der Waals surface area contributed by atoms with Gasteiger partial charge in [0, 0.05) is 0 Å². The number of anilines is 1. The van der Waals surface area contributed by atoms with Gasteiger partial charge in [0.2, 0.25) is 0 Å². The van der Waals surface area contributed by atoms with Crippen molar-refractivity contribution in [1.82, 2.24) is 0 Å². The molecule has 1 N–H and O–H groups in total. The fraction of sp³-hybridized carbons (Fsp3) is 0.235. The summed E-state index contributed by atoms with van der Waals surface area (Å²) in [5.74, 6) is -7.62. The number of carbonyl (C=O) groups is 3. The van der Waals surface area contributed by atoms with Crippen LogP contribution >= 0.6 is 11.3 Å². The van der Waals surface area contributed by atoms with Crippen molar-refractivity contribution in [2.45, 2.75) is 13.8 Å². The Morgan fingerprint density at radius 2 is 1.78 bits per heavy atom. The number of halogens is 3. The molecule has 0 aliphatic rings. The molecule has 2 rings (SSSR count). The maximum atomic E-state index is 13.8. The van der Waals surface area contributed by atoms with Crippen LogP contribution in [0.1, 0.15) is 42.9 Å². The first-order valence-corrected chi connectivity index (χ1v) is 8.38. The second kappa shape index (κ2) is 8.21. The molecule has 0 saturated carbocycles. The lowest BCUT2D eigenvalue weighted by Crippen LogP contribution is -2.17. The molecule has 0 radical (unpaired) electrons. The van der Waals surface area contributed by atoms with E-state index in [2.05, 4.69) is 10.1 Å². The van der Waals surface area contributed by atoms with E-state index in [0.717, 1.165) is 13.2 Å². The molecule has 0 saturated heterocycles. The zero-order valence-electron chi connectivity index (χ0n) is 14.4. The highest BCUT2D eigenvalue weighted by Gasteiger charge is 2.28. The summed E-state index contributed by atoms with van der Waals surface area (Å²) in [5, 5.41) is 2.13. The number of carbonyl (C=O) groups excluding carboxylic acids is 3. The average Bonchev–Trinajstić information content (AvgIpc) is 2.95. The SMILES string of the molecule is CCOC(=O)c1c(NC(=O)c2ccc(F)c(F)c2F)sc(C(=O)OC)c1C. The first-order valence-electron chi connectivity index (χ1n) is 7.56. The lowest BCUT2D eigenvalue weighted by molar-refractivity contribution is 0.0527. The van der Waals surface area contributed by atoms with Gasteiger partial charge in [-0.25, -0.2) is 22.8 Å². The van der Waals surface area contributed by atoms with Crippen LogP contribution in [0.15, 0.2) is 12.1 Å². The predicted octanol–water partition coefficient (Wildman–Crippen LogP) is 3.69. The Kier molecular flexibility index (Phi) is 6.21. The minimum atomic E-state index is -1.80. The van der Waals surface area contributed by atoms with Gasteiger partial charge in [0.15, 0.2) is 17.5 Å². The zero-order chi connectivity index (χ0) is 20.3. The zero-order valence-corrected chi connectivity index (χ0v) is 15.3. The summed E-state index contributed by atoms with van der Waals surface area (Å²) in [6, 6.07) is 1.36. The molecule has 144 valence electrons. The van der Waals surface area contributed by atoms with Crippen molar-refractivity contribution in [3.63, 3.8) is 0 Å². The molecular formula is C17H14F3NO5S. The largest absolute Gasteiger partial charge is 0.465 e. The van der Waals surface area contributed by atoms with Crippen molar-refractivity contribution in [2.75, 3.05) is 19.0 Å². The maximum absolute atomic E-state index is 13.8. The summed E-state index contributed by atoms with van der Waals surface area (Å²) in [6.45, 7) is 3.05. The number of nitrogens with one attached hydrogen (secondary N) is 1. The third kappa shape index (κ3) is 3.95. The number of esters is 2. The summed E-state index contributed by atoms with van der Waals surface area (Å²) in [6.07, 6.45) is 0. The number of benzene rings is 1. The number of thiophene rings is 1. The molecule has 0 spiro atoms. The smallest absolute Gasteiger partial charge is 0.348 e. The molecule has 1 aromatic heterocycles. The second-order valence-electron chi connectivity index (χ2n) is 5.15. The summed E-state index contributed by atoms with van der Waals surface area (Å²) in [4.78, 5) is 36.4. The molecular weight excluding hydrogens is 387 g/mol. The lowest BCUT2D eigenvalue weighted by Gasteiger charge is -2.08. The fourth-order valence-electron chi connectivity index (χ4n) is 2.21. The minimum absolute atomic E-state index is 0.0293. The predicted molar refractivity (Wildman–Crippen MR) is 90.6 cm³/mol. The maximum Gasteiger partial charge on any atom is 0.348 e. The van der Waals surface area contributed by atoms with Gasteiger partial charge in [0.25, 0.3) is 5.91 Å². The van der Waals surface area contributed by atoms with Crippen molar-refractivity contribution in [3.05, 3.63) is 51.2 Å². The van der Waals surface area contributed by atoms with Gasteiger partial charge in [-0.15, -0.1) is 11.3 Å². The van der Waals surface area contributed by atoms with Crippen molar-refractivity contribution in [3.8, 4) is 0 Å². The number of hydrogen-bond donors (Lipinski definition) is 1. The Hall–Kier alpha value is -2.88. The normalized spacial score (nSPS) is 10.4. The molecule has 27 heavy (non-hydrogen) atoms. The fourth-order valence-corrected chi connectivity index (χ4v) is 3.32. The second-order valence-corrected chi connectivity index (χ2v) is 6.17. The first kappa shape index (κ1) is 20.4. The number of methoxy groups -OCH3 is 1. The number of rotatable bonds is 5. The van der Waals surface area contributed by atoms with E-state index in [0.29, 0.717) is 17.4 Å². The van der Waals surface area contributed by atoms with Crippen LogP contribution in [0.4, 0.5) is 18.2 Å². The standard InChI is InChI=1S/C17H14F3NO5S/c1-4-26-16(23)10-7(2)13(17(24)25-3)27-15(10)21-14(22)8-5-6-9(18)12(20)11(8)19/h5-6H,4H2,1-3H3,(H,21,22). The van der Waals surface area contributed by atoms with E-state index in [4.69, 9.17) is 4.74 Å². The molecule has 1 aromatic carbocycles. The third-order valence-electron chi connectivity index (χ3n) is 3.50. The highest BCUT2D eigenvalue weighted by atomic mass is 32.1.